The highest BCUT2D eigenvalue weighted by atomic mass is 16.4. The molecule has 0 amide bonds. The van der Waals surface area contributed by atoms with Gasteiger partial charge in [0, 0.05) is 36.5 Å². The number of aromatic nitrogens is 4. The summed E-state index contributed by atoms with van der Waals surface area (Å²) in [6.45, 7) is 2.85. The minimum absolute atomic E-state index is 0.191. The lowest BCUT2D eigenvalue weighted by molar-refractivity contribution is 0.0697. The Morgan fingerprint density at radius 2 is 1.74 bits per heavy atom. The van der Waals surface area contributed by atoms with Crippen molar-refractivity contribution in [1.82, 2.24) is 19.7 Å². The van der Waals surface area contributed by atoms with Crippen molar-refractivity contribution in [1.29, 1.82) is 0 Å². The van der Waals surface area contributed by atoms with Crippen LogP contribution in [0, 0.1) is 0 Å². The molecule has 34 heavy (non-hydrogen) atoms. The van der Waals surface area contributed by atoms with Crippen LogP contribution in [0.2, 0.25) is 0 Å². The molecule has 0 aliphatic carbocycles. The molecule has 2 aromatic carbocycles. The van der Waals surface area contributed by atoms with Crippen LogP contribution < -0.4 is 0 Å². The number of nitrogens with zero attached hydrogens (tertiary/aromatic N) is 4. The van der Waals surface area contributed by atoms with Crippen molar-refractivity contribution in [3.8, 4) is 11.1 Å². The standard InChI is InChI=1S/C27H26N4O3/c1-2-3-7-16-31-24(29-26(30-31)25(32)21-8-5-4-6-9-21)17-19-10-12-20(13-11-19)23-18-28-15-14-22(23)27(33)34/h4-6,8-15,18H,2-3,7,16-17H2,1H3,(H,33,34). The Kier molecular flexibility index (Phi) is 7.22. The van der Waals surface area contributed by atoms with Crippen molar-refractivity contribution < 1.29 is 14.7 Å². The number of rotatable bonds is 10. The van der Waals surface area contributed by atoms with E-state index in [-0.39, 0.29) is 17.2 Å². The molecule has 0 saturated carbocycles. The first kappa shape index (κ1) is 23.0. The van der Waals surface area contributed by atoms with Crippen LogP contribution in [-0.2, 0) is 13.0 Å². The molecule has 4 rings (SSSR count). The normalized spacial score (nSPS) is 10.9. The molecule has 0 saturated heterocycles. The van der Waals surface area contributed by atoms with Gasteiger partial charge in [0.2, 0.25) is 11.6 Å². The number of ketones is 1. The van der Waals surface area contributed by atoms with E-state index in [1.54, 1.807) is 18.3 Å². The number of hydrogen-bond donors (Lipinski definition) is 1. The summed E-state index contributed by atoms with van der Waals surface area (Å²) in [5.74, 6) is -0.243. The molecule has 2 aromatic heterocycles. The maximum absolute atomic E-state index is 12.9. The summed E-state index contributed by atoms with van der Waals surface area (Å²) in [4.78, 5) is 33.1. The number of carbonyl (C=O) groups is 2. The van der Waals surface area contributed by atoms with E-state index in [4.69, 9.17) is 0 Å². The maximum Gasteiger partial charge on any atom is 0.336 e. The molecule has 1 N–H and O–H groups in total. The Morgan fingerprint density at radius 1 is 0.971 bits per heavy atom. The van der Waals surface area contributed by atoms with Crippen LogP contribution in [0.25, 0.3) is 11.1 Å². The van der Waals surface area contributed by atoms with Crippen molar-refractivity contribution >= 4 is 11.8 Å². The highest BCUT2D eigenvalue weighted by molar-refractivity contribution is 6.06. The highest BCUT2D eigenvalue weighted by Crippen LogP contribution is 2.24. The van der Waals surface area contributed by atoms with Gasteiger partial charge in [0.1, 0.15) is 5.82 Å². The zero-order valence-electron chi connectivity index (χ0n) is 19.0. The topological polar surface area (TPSA) is 98.0 Å². The second kappa shape index (κ2) is 10.7. The zero-order chi connectivity index (χ0) is 23.9. The van der Waals surface area contributed by atoms with Crippen molar-refractivity contribution in [2.45, 2.75) is 39.2 Å². The van der Waals surface area contributed by atoms with E-state index in [0.717, 1.165) is 36.2 Å². The van der Waals surface area contributed by atoms with Crippen LogP contribution in [0.15, 0.2) is 73.1 Å². The van der Waals surface area contributed by atoms with E-state index >= 15 is 0 Å². The Balaban J connectivity index is 1.59. The van der Waals surface area contributed by atoms with Crippen molar-refractivity contribution in [3.05, 3.63) is 101 Å². The van der Waals surface area contributed by atoms with E-state index in [0.29, 0.717) is 24.1 Å². The SMILES string of the molecule is CCCCCn1nc(C(=O)c2ccccc2)nc1Cc1ccc(-c2cnccc2C(=O)O)cc1. The first-order valence-corrected chi connectivity index (χ1v) is 11.4. The molecule has 0 bridgehead atoms. The number of carbonyl (C=O) groups excluding carboxylic acids is 1. The molecule has 0 aliphatic rings. The average molecular weight is 455 g/mol. The molecule has 0 spiro atoms. The summed E-state index contributed by atoms with van der Waals surface area (Å²) in [6.07, 6.45) is 6.68. The summed E-state index contributed by atoms with van der Waals surface area (Å²) in [5, 5.41) is 14.0. The second-order valence-corrected chi connectivity index (χ2v) is 8.08. The number of carboxylic acid groups (broad SMARTS) is 1. The van der Waals surface area contributed by atoms with Gasteiger partial charge >= 0.3 is 5.97 Å². The summed E-state index contributed by atoms with van der Waals surface area (Å²) >= 11 is 0. The fourth-order valence-electron chi connectivity index (χ4n) is 3.81. The average Bonchev–Trinajstić information content (AvgIpc) is 3.27. The van der Waals surface area contributed by atoms with Crippen molar-refractivity contribution in [3.63, 3.8) is 0 Å². The van der Waals surface area contributed by atoms with Gasteiger partial charge in [0.25, 0.3) is 0 Å². The molecule has 2 heterocycles. The second-order valence-electron chi connectivity index (χ2n) is 8.08. The van der Waals surface area contributed by atoms with Gasteiger partial charge in [-0.3, -0.25) is 9.78 Å². The molecule has 172 valence electrons. The lowest BCUT2D eigenvalue weighted by Gasteiger charge is -2.08. The molecule has 0 fully saturated rings. The Hall–Kier alpha value is -4.13. The van der Waals surface area contributed by atoms with Crippen LogP contribution >= 0.6 is 0 Å². The molecule has 0 aliphatic heterocycles. The zero-order valence-corrected chi connectivity index (χ0v) is 19.0. The predicted molar refractivity (Wildman–Crippen MR) is 129 cm³/mol. The molecule has 7 nitrogen and oxygen atoms in total. The van der Waals surface area contributed by atoms with Gasteiger partial charge in [-0.25, -0.2) is 14.5 Å². The van der Waals surface area contributed by atoms with Gasteiger partial charge in [-0.2, -0.15) is 0 Å². The Labute approximate surface area is 198 Å². The molecule has 0 atom stereocenters. The number of hydrogen-bond acceptors (Lipinski definition) is 5. The fourth-order valence-corrected chi connectivity index (χ4v) is 3.81. The van der Waals surface area contributed by atoms with Gasteiger partial charge in [0.15, 0.2) is 0 Å². The Morgan fingerprint density at radius 3 is 2.44 bits per heavy atom. The van der Waals surface area contributed by atoms with E-state index in [1.165, 1.54) is 12.3 Å². The third-order valence-electron chi connectivity index (χ3n) is 5.64. The minimum Gasteiger partial charge on any atom is -0.478 e. The summed E-state index contributed by atoms with van der Waals surface area (Å²) < 4.78 is 1.84. The van der Waals surface area contributed by atoms with Crippen molar-refractivity contribution in [2.24, 2.45) is 0 Å². The predicted octanol–water partition coefficient (Wildman–Crippen LogP) is 5.05. The Bertz CT molecular complexity index is 1280. The number of benzene rings is 2. The van der Waals surface area contributed by atoms with Gasteiger partial charge < -0.3 is 5.11 Å². The van der Waals surface area contributed by atoms with Crippen LogP contribution in [0.5, 0.6) is 0 Å². The number of pyridine rings is 1. The van der Waals surface area contributed by atoms with Gasteiger partial charge in [0.05, 0.1) is 5.56 Å². The molecule has 0 unspecified atom stereocenters. The summed E-state index contributed by atoms with van der Waals surface area (Å²) in [7, 11) is 0. The van der Waals surface area contributed by atoms with Crippen LogP contribution in [-0.4, -0.2) is 36.6 Å². The van der Waals surface area contributed by atoms with Crippen molar-refractivity contribution in [2.75, 3.05) is 0 Å². The number of aromatic carboxylic acids is 1. The smallest absolute Gasteiger partial charge is 0.336 e. The maximum atomic E-state index is 12.9. The third kappa shape index (κ3) is 5.26. The van der Waals surface area contributed by atoms with Crippen LogP contribution in [0.1, 0.15) is 64.1 Å². The van der Waals surface area contributed by atoms with Gasteiger partial charge in [-0.15, -0.1) is 5.10 Å². The van der Waals surface area contributed by atoms with E-state index in [2.05, 4.69) is 22.0 Å². The van der Waals surface area contributed by atoms with Crippen LogP contribution in [0.3, 0.4) is 0 Å². The summed E-state index contributed by atoms with van der Waals surface area (Å²) in [5.41, 5.74) is 3.11. The first-order chi connectivity index (χ1) is 16.6. The fraction of sp³-hybridized carbons (Fsp3) is 0.222. The first-order valence-electron chi connectivity index (χ1n) is 11.4. The number of unbranched alkanes of at least 4 members (excludes halogenated alkanes) is 2. The molecule has 7 heteroatoms. The van der Waals surface area contributed by atoms with Gasteiger partial charge in [-0.1, -0.05) is 74.4 Å². The van der Waals surface area contributed by atoms with Gasteiger partial charge in [-0.05, 0) is 23.6 Å². The lowest BCUT2D eigenvalue weighted by atomic mass is 10.00. The molecule has 4 aromatic rings. The molecular formula is C27H26N4O3. The molecule has 0 radical (unpaired) electrons. The third-order valence-corrected chi connectivity index (χ3v) is 5.64. The quantitative estimate of drug-likeness (QED) is 0.266. The minimum atomic E-state index is -0.989. The van der Waals surface area contributed by atoms with E-state index in [9.17, 15) is 14.7 Å². The molecular weight excluding hydrogens is 428 g/mol. The number of carboxylic acids is 1. The number of aryl methyl sites for hydroxylation is 1. The monoisotopic (exact) mass is 454 g/mol. The largest absolute Gasteiger partial charge is 0.478 e. The van der Waals surface area contributed by atoms with E-state index in [1.807, 2.05) is 47.1 Å². The van der Waals surface area contributed by atoms with Crippen LogP contribution in [0.4, 0.5) is 0 Å². The highest BCUT2D eigenvalue weighted by Gasteiger charge is 2.18. The summed E-state index contributed by atoms with van der Waals surface area (Å²) in [6, 6.07) is 18.2. The van der Waals surface area contributed by atoms with E-state index < -0.39 is 5.97 Å². The lowest BCUT2D eigenvalue weighted by Crippen LogP contribution is -2.07.